The normalized spacial score (nSPS) is 16.7. The molecule has 1 aliphatic rings. The van der Waals surface area contributed by atoms with Crippen LogP contribution in [0.25, 0.3) is 0 Å². The Labute approximate surface area is 134 Å². The number of amides is 1. The average molecular weight is 313 g/mol. The lowest BCUT2D eigenvalue weighted by molar-refractivity contribution is -0.116. The van der Waals surface area contributed by atoms with E-state index in [0.29, 0.717) is 17.9 Å². The molecule has 1 atom stereocenters. The van der Waals surface area contributed by atoms with E-state index in [1.54, 1.807) is 6.07 Å². The molecule has 2 aromatic carbocycles. The van der Waals surface area contributed by atoms with Gasteiger partial charge in [-0.05, 0) is 42.2 Å². The largest absolute Gasteiger partial charge is 0.507 e. The SMILES string of the molecule is COc1cc2c(cc1O)NC(=O)CC2c1cc(C)c(O)c(C)c1. The van der Waals surface area contributed by atoms with Gasteiger partial charge in [0.05, 0.1) is 7.11 Å². The maximum atomic E-state index is 12.0. The molecule has 1 unspecified atom stereocenters. The Hall–Kier alpha value is -2.69. The van der Waals surface area contributed by atoms with E-state index in [4.69, 9.17) is 4.74 Å². The highest BCUT2D eigenvalue weighted by molar-refractivity contribution is 5.96. The van der Waals surface area contributed by atoms with Gasteiger partial charge in [-0.15, -0.1) is 0 Å². The summed E-state index contributed by atoms with van der Waals surface area (Å²) in [5, 5.41) is 22.7. The molecule has 1 amide bonds. The number of benzene rings is 2. The lowest BCUT2D eigenvalue weighted by Crippen LogP contribution is -2.23. The standard InChI is InChI=1S/C18H19NO4/c1-9-4-11(5-10(2)18(9)22)12-7-17(21)19-14-8-15(20)16(23-3)6-13(12)14/h4-6,8,12,20,22H,7H2,1-3H3,(H,19,21). The Morgan fingerprint density at radius 1 is 1.13 bits per heavy atom. The van der Waals surface area contributed by atoms with Crippen LogP contribution in [0.15, 0.2) is 24.3 Å². The van der Waals surface area contributed by atoms with Crippen molar-refractivity contribution in [2.24, 2.45) is 0 Å². The summed E-state index contributed by atoms with van der Waals surface area (Å²) in [6.07, 6.45) is 0.310. The zero-order valence-corrected chi connectivity index (χ0v) is 13.3. The number of ether oxygens (including phenoxy) is 1. The van der Waals surface area contributed by atoms with Gasteiger partial charge in [-0.1, -0.05) is 12.1 Å². The van der Waals surface area contributed by atoms with Crippen molar-refractivity contribution in [3.63, 3.8) is 0 Å². The van der Waals surface area contributed by atoms with Gasteiger partial charge in [0.1, 0.15) is 5.75 Å². The summed E-state index contributed by atoms with van der Waals surface area (Å²) in [5.74, 6) is 0.390. The summed E-state index contributed by atoms with van der Waals surface area (Å²) in [6.45, 7) is 3.68. The molecule has 120 valence electrons. The molecule has 0 radical (unpaired) electrons. The van der Waals surface area contributed by atoms with Gasteiger partial charge in [0.15, 0.2) is 11.5 Å². The number of hydrogen-bond acceptors (Lipinski definition) is 4. The topological polar surface area (TPSA) is 78.8 Å². The van der Waals surface area contributed by atoms with Crippen LogP contribution in [0, 0.1) is 13.8 Å². The number of rotatable bonds is 2. The van der Waals surface area contributed by atoms with Crippen LogP contribution in [0.2, 0.25) is 0 Å². The van der Waals surface area contributed by atoms with E-state index in [1.807, 2.05) is 26.0 Å². The third-order valence-electron chi connectivity index (χ3n) is 4.31. The molecule has 0 spiro atoms. The van der Waals surface area contributed by atoms with Gasteiger partial charge < -0.3 is 20.3 Å². The average Bonchev–Trinajstić information content (AvgIpc) is 2.50. The number of aromatic hydroxyl groups is 2. The first kappa shape index (κ1) is 15.2. The van der Waals surface area contributed by atoms with Crippen LogP contribution in [-0.2, 0) is 4.79 Å². The molecular weight excluding hydrogens is 294 g/mol. The molecular formula is C18H19NO4. The number of carbonyl (C=O) groups is 1. The minimum atomic E-state index is -0.147. The van der Waals surface area contributed by atoms with E-state index in [0.717, 1.165) is 22.3 Å². The highest BCUT2D eigenvalue weighted by atomic mass is 16.5. The lowest BCUT2D eigenvalue weighted by Gasteiger charge is -2.27. The van der Waals surface area contributed by atoms with Crippen LogP contribution in [0.3, 0.4) is 0 Å². The minimum Gasteiger partial charge on any atom is -0.507 e. The van der Waals surface area contributed by atoms with Crippen LogP contribution in [-0.4, -0.2) is 23.2 Å². The lowest BCUT2D eigenvalue weighted by atomic mass is 9.83. The summed E-state index contributed by atoms with van der Waals surface area (Å²) in [7, 11) is 1.49. The van der Waals surface area contributed by atoms with E-state index in [-0.39, 0.29) is 23.3 Å². The smallest absolute Gasteiger partial charge is 0.225 e. The molecule has 0 saturated carbocycles. The number of phenolic OH excluding ortho intramolecular Hbond substituents is 2. The van der Waals surface area contributed by atoms with Crippen molar-refractivity contribution in [3.8, 4) is 17.2 Å². The Balaban J connectivity index is 2.17. The van der Waals surface area contributed by atoms with Crippen LogP contribution in [0.1, 0.15) is 34.6 Å². The first-order valence-corrected chi connectivity index (χ1v) is 7.41. The molecule has 3 rings (SSSR count). The molecule has 3 N–H and O–H groups in total. The van der Waals surface area contributed by atoms with Crippen molar-refractivity contribution >= 4 is 11.6 Å². The van der Waals surface area contributed by atoms with Crippen molar-refractivity contribution in [2.75, 3.05) is 12.4 Å². The van der Waals surface area contributed by atoms with E-state index in [1.165, 1.54) is 13.2 Å². The fourth-order valence-electron chi connectivity index (χ4n) is 3.13. The van der Waals surface area contributed by atoms with E-state index in [9.17, 15) is 15.0 Å². The van der Waals surface area contributed by atoms with E-state index >= 15 is 0 Å². The van der Waals surface area contributed by atoms with Crippen LogP contribution in [0.5, 0.6) is 17.2 Å². The highest BCUT2D eigenvalue weighted by Gasteiger charge is 2.28. The number of anilines is 1. The van der Waals surface area contributed by atoms with Crippen LogP contribution >= 0.6 is 0 Å². The van der Waals surface area contributed by atoms with Gasteiger partial charge in [-0.2, -0.15) is 0 Å². The fourth-order valence-corrected chi connectivity index (χ4v) is 3.13. The predicted octanol–water partition coefficient (Wildman–Crippen LogP) is 3.20. The number of hydrogen-bond donors (Lipinski definition) is 3. The number of carbonyl (C=O) groups excluding carboxylic acids is 1. The van der Waals surface area contributed by atoms with Gasteiger partial charge in [0.2, 0.25) is 5.91 Å². The van der Waals surface area contributed by atoms with Crippen molar-refractivity contribution in [1.82, 2.24) is 0 Å². The highest BCUT2D eigenvalue weighted by Crippen LogP contribution is 2.43. The first-order valence-electron chi connectivity index (χ1n) is 7.41. The van der Waals surface area contributed by atoms with Crippen LogP contribution < -0.4 is 10.1 Å². The molecule has 2 aromatic rings. The number of fused-ring (bicyclic) bond motifs is 1. The Morgan fingerprint density at radius 3 is 2.39 bits per heavy atom. The number of phenols is 2. The summed E-state index contributed by atoms with van der Waals surface area (Å²) >= 11 is 0. The van der Waals surface area contributed by atoms with E-state index < -0.39 is 0 Å². The van der Waals surface area contributed by atoms with Crippen molar-refractivity contribution in [3.05, 3.63) is 46.5 Å². The zero-order chi connectivity index (χ0) is 16.7. The van der Waals surface area contributed by atoms with Gasteiger partial charge >= 0.3 is 0 Å². The Bertz CT molecular complexity index is 775. The molecule has 0 saturated heterocycles. The summed E-state index contributed by atoms with van der Waals surface area (Å²) < 4.78 is 5.19. The van der Waals surface area contributed by atoms with Gasteiger partial charge in [0.25, 0.3) is 0 Å². The second kappa shape index (κ2) is 5.50. The fraction of sp³-hybridized carbons (Fsp3) is 0.278. The summed E-state index contributed by atoms with van der Waals surface area (Å²) in [5.41, 5.74) is 4.00. The quantitative estimate of drug-likeness (QED) is 0.795. The summed E-state index contributed by atoms with van der Waals surface area (Å²) in [6, 6.07) is 7.06. The molecule has 5 nitrogen and oxygen atoms in total. The van der Waals surface area contributed by atoms with Gasteiger partial charge in [0, 0.05) is 24.1 Å². The van der Waals surface area contributed by atoms with Gasteiger partial charge in [-0.3, -0.25) is 4.79 Å². The zero-order valence-electron chi connectivity index (χ0n) is 13.3. The van der Waals surface area contributed by atoms with Crippen molar-refractivity contribution in [2.45, 2.75) is 26.2 Å². The monoisotopic (exact) mass is 313 g/mol. The molecule has 1 heterocycles. The molecule has 1 aliphatic heterocycles. The minimum absolute atomic E-state index is 0.00901. The van der Waals surface area contributed by atoms with E-state index in [2.05, 4.69) is 5.32 Å². The first-order chi connectivity index (χ1) is 10.9. The van der Waals surface area contributed by atoms with Crippen LogP contribution in [0.4, 0.5) is 5.69 Å². The molecule has 0 bridgehead atoms. The number of nitrogens with one attached hydrogen (secondary N) is 1. The summed E-state index contributed by atoms with van der Waals surface area (Å²) in [4.78, 5) is 12.0. The molecule has 0 aromatic heterocycles. The third kappa shape index (κ3) is 2.59. The third-order valence-corrected chi connectivity index (χ3v) is 4.31. The Kier molecular flexibility index (Phi) is 3.64. The predicted molar refractivity (Wildman–Crippen MR) is 87.3 cm³/mol. The van der Waals surface area contributed by atoms with Crippen molar-refractivity contribution in [1.29, 1.82) is 0 Å². The Morgan fingerprint density at radius 2 is 1.78 bits per heavy atom. The maximum Gasteiger partial charge on any atom is 0.225 e. The second-order valence-corrected chi connectivity index (χ2v) is 5.92. The molecule has 0 fully saturated rings. The maximum absolute atomic E-state index is 12.0. The molecule has 23 heavy (non-hydrogen) atoms. The number of methoxy groups -OCH3 is 1. The molecule has 0 aliphatic carbocycles. The van der Waals surface area contributed by atoms with Gasteiger partial charge in [-0.25, -0.2) is 0 Å². The molecule has 5 heteroatoms. The number of aryl methyl sites for hydroxylation is 2. The van der Waals surface area contributed by atoms with Crippen molar-refractivity contribution < 1.29 is 19.7 Å². The second-order valence-electron chi connectivity index (χ2n) is 5.92.